The summed E-state index contributed by atoms with van der Waals surface area (Å²) in [7, 11) is 0. The largest absolute Gasteiger partial charge is 0.478 e. The van der Waals surface area contributed by atoms with Gasteiger partial charge in [-0.1, -0.05) is 29.3 Å². The fourth-order valence-corrected chi connectivity index (χ4v) is 6.97. The first-order valence-electron chi connectivity index (χ1n) is 15.3. The van der Waals surface area contributed by atoms with E-state index in [1.165, 1.54) is 12.1 Å². The van der Waals surface area contributed by atoms with Crippen LogP contribution in [0.25, 0.3) is 0 Å². The number of pyridine rings is 1. The summed E-state index contributed by atoms with van der Waals surface area (Å²) in [4.78, 5) is 35.7. The minimum absolute atomic E-state index is 0.0288. The number of alkyl halides is 1. The number of carbonyl (C=O) groups excluding carboxylic acids is 1. The van der Waals surface area contributed by atoms with Gasteiger partial charge in [-0.05, 0) is 68.5 Å². The third-order valence-corrected chi connectivity index (χ3v) is 9.49. The van der Waals surface area contributed by atoms with Crippen LogP contribution < -0.4 is 4.74 Å². The minimum atomic E-state index is -1.07. The normalized spacial score (nSPS) is 23.9. The molecule has 11 heteroatoms. The number of aromatic nitrogens is 1. The molecule has 4 heterocycles. The van der Waals surface area contributed by atoms with Crippen LogP contribution in [0.15, 0.2) is 59.7 Å². The van der Waals surface area contributed by atoms with Crippen molar-refractivity contribution in [3.05, 3.63) is 76.0 Å². The number of hydrogen-bond donors (Lipinski definition) is 1. The standard InChI is InChI=1S/C33H38ClFN4O5/c1-21-2-8-28(35)27(18-21)29-20-38(24-12-16-43-17-13-24)33(42)39(29)25-10-14-37(15-11-25)19-23-5-9-30(36-31(23)34)44-26-6-3-22(4-7-26)32(40)41/h2-7,9,18,24-25,28-29H,8,10-17,19-20H2,1H3,(H,40,41). The zero-order valence-electron chi connectivity index (χ0n) is 24.8. The SMILES string of the molecule is CC1=CCC(F)C(C2CN(C3CCOCC3)C(=O)N2C2CCN(Cc3ccc(Oc4ccc(C(=O)O)cc4)nc3Cl)CC2)=C1. The second kappa shape index (κ2) is 13.3. The van der Waals surface area contributed by atoms with Gasteiger partial charge in [0.25, 0.3) is 0 Å². The van der Waals surface area contributed by atoms with Crippen LogP contribution in [-0.2, 0) is 11.3 Å². The smallest absolute Gasteiger partial charge is 0.335 e. The molecule has 3 aliphatic heterocycles. The number of benzene rings is 1. The van der Waals surface area contributed by atoms with Crippen LogP contribution in [-0.4, -0.2) is 93.9 Å². The molecule has 0 spiro atoms. The predicted octanol–water partition coefficient (Wildman–Crippen LogP) is 6.09. The van der Waals surface area contributed by atoms with Gasteiger partial charge in [-0.3, -0.25) is 4.90 Å². The van der Waals surface area contributed by atoms with E-state index in [1.807, 2.05) is 34.9 Å². The number of ether oxygens (including phenoxy) is 2. The van der Waals surface area contributed by atoms with Gasteiger partial charge in [-0.15, -0.1) is 0 Å². The lowest BCUT2D eigenvalue weighted by Crippen LogP contribution is -2.50. The van der Waals surface area contributed by atoms with Crippen LogP contribution in [0, 0.1) is 0 Å². The molecule has 2 aromatic rings. The molecule has 2 unspecified atom stereocenters. The van der Waals surface area contributed by atoms with Gasteiger partial charge in [0.2, 0.25) is 5.88 Å². The second-order valence-electron chi connectivity index (χ2n) is 12.0. The number of amides is 2. The number of carbonyl (C=O) groups is 2. The van der Waals surface area contributed by atoms with Gasteiger partial charge in [-0.25, -0.2) is 19.0 Å². The summed E-state index contributed by atoms with van der Waals surface area (Å²) in [5.74, 6) is -0.216. The van der Waals surface area contributed by atoms with Crippen LogP contribution in [0.4, 0.5) is 9.18 Å². The van der Waals surface area contributed by atoms with Crippen molar-refractivity contribution < 1.29 is 28.6 Å². The number of rotatable bonds is 8. The molecule has 1 aliphatic carbocycles. The fraction of sp³-hybridized carbons (Fsp3) is 0.485. The molecule has 234 valence electrons. The monoisotopic (exact) mass is 624 g/mol. The maximum atomic E-state index is 15.3. The molecule has 0 saturated carbocycles. The molecule has 44 heavy (non-hydrogen) atoms. The lowest BCUT2D eigenvalue weighted by molar-refractivity contribution is 0.0493. The van der Waals surface area contributed by atoms with E-state index in [-0.39, 0.29) is 29.7 Å². The van der Waals surface area contributed by atoms with Crippen LogP contribution >= 0.6 is 11.6 Å². The quantitative estimate of drug-likeness (QED) is 0.355. The van der Waals surface area contributed by atoms with E-state index in [2.05, 4.69) is 9.88 Å². The van der Waals surface area contributed by atoms with Crippen molar-refractivity contribution in [2.45, 2.75) is 69.9 Å². The van der Waals surface area contributed by atoms with E-state index in [0.29, 0.717) is 49.5 Å². The maximum absolute atomic E-state index is 15.3. The zero-order valence-corrected chi connectivity index (χ0v) is 25.6. The van der Waals surface area contributed by atoms with Crippen molar-refractivity contribution in [2.24, 2.45) is 0 Å². The van der Waals surface area contributed by atoms with E-state index in [1.54, 1.807) is 18.2 Å². The Morgan fingerprint density at radius 3 is 2.50 bits per heavy atom. The van der Waals surface area contributed by atoms with E-state index < -0.39 is 12.1 Å². The lowest BCUT2D eigenvalue weighted by atomic mass is 9.90. The number of allylic oxidation sites excluding steroid dienone is 3. The summed E-state index contributed by atoms with van der Waals surface area (Å²) in [5.41, 5.74) is 2.83. The predicted molar refractivity (Wildman–Crippen MR) is 164 cm³/mol. The Morgan fingerprint density at radius 2 is 1.82 bits per heavy atom. The number of nitrogens with zero attached hydrogens (tertiary/aromatic N) is 4. The van der Waals surface area contributed by atoms with Crippen molar-refractivity contribution in [3.8, 4) is 11.6 Å². The number of likely N-dealkylation sites (tertiary alicyclic amines) is 1. The molecule has 1 aromatic heterocycles. The van der Waals surface area contributed by atoms with Gasteiger partial charge in [0.1, 0.15) is 17.1 Å². The fourth-order valence-electron chi connectivity index (χ4n) is 6.76. The summed E-state index contributed by atoms with van der Waals surface area (Å²) in [6.07, 6.45) is 6.40. The molecule has 3 fully saturated rings. The molecule has 2 atom stereocenters. The van der Waals surface area contributed by atoms with Crippen LogP contribution in [0.3, 0.4) is 0 Å². The summed E-state index contributed by atoms with van der Waals surface area (Å²) >= 11 is 6.54. The van der Waals surface area contributed by atoms with Gasteiger partial charge in [0, 0.05) is 69.5 Å². The first-order chi connectivity index (χ1) is 21.3. The summed E-state index contributed by atoms with van der Waals surface area (Å²) in [6, 6.07) is 9.67. The summed E-state index contributed by atoms with van der Waals surface area (Å²) < 4.78 is 26.6. The minimum Gasteiger partial charge on any atom is -0.478 e. The third kappa shape index (κ3) is 6.62. The number of halogens is 2. The van der Waals surface area contributed by atoms with Crippen molar-refractivity contribution in [1.82, 2.24) is 19.7 Å². The number of piperidine rings is 1. The Hall–Kier alpha value is -3.47. The molecular weight excluding hydrogens is 587 g/mol. The molecule has 0 bridgehead atoms. The Morgan fingerprint density at radius 1 is 1.09 bits per heavy atom. The molecule has 1 aromatic carbocycles. The number of aromatic carboxylic acids is 1. The number of carboxylic acid groups (broad SMARTS) is 1. The Balaban J connectivity index is 1.10. The van der Waals surface area contributed by atoms with Crippen molar-refractivity contribution >= 4 is 23.6 Å². The van der Waals surface area contributed by atoms with Crippen LogP contribution in [0.1, 0.15) is 54.9 Å². The second-order valence-corrected chi connectivity index (χ2v) is 12.4. The summed E-state index contributed by atoms with van der Waals surface area (Å²) in [5, 5.41) is 9.42. The molecule has 4 aliphatic rings. The Bertz CT molecular complexity index is 1440. The Labute approximate surface area is 261 Å². The lowest BCUT2D eigenvalue weighted by Gasteiger charge is -2.40. The number of urea groups is 1. The van der Waals surface area contributed by atoms with Gasteiger partial charge in [0.15, 0.2) is 0 Å². The molecule has 1 N–H and O–H groups in total. The van der Waals surface area contributed by atoms with E-state index in [9.17, 15) is 9.59 Å². The topological polar surface area (TPSA) is 95.4 Å². The molecular formula is C33H38ClFN4O5. The highest BCUT2D eigenvalue weighted by Crippen LogP contribution is 2.36. The van der Waals surface area contributed by atoms with Crippen LogP contribution in [0.2, 0.25) is 5.15 Å². The highest BCUT2D eigenvalue weighted by atomic mass is 35.5. The average molecular weight is 625 g/mol. The van der Waals surface area contributed by atoms with Crippen molar-refractivity contribution in [3.63, 3.8) is 0 Å². The van der Waals surface area contributed by atoms with Gasteiger partial charge in [-0.2, -0.15) is 0 Å². The molecule has 9 nitrogen and oxygen atoms in total. The first-order valence-corrected chi connectivity index (χ1v) is 15.7. The summed E-state index contributed by atoms with van der Waals surface area (Å²) in [6.45, 7) is 6.00. The first kappa shape index (κ1) is 30.6. The van der Waals surface area contributed by atoms with Gasteiger partial charge in [0.05, 0.1) is 11.6 Å². The van der Waals surface area contributed by atoms with E-state index >= 15 is 4.39 Å². The van der Waals surface area contributed by atoms with Crippen LogP contribution in [0.5, 0.6) is 11.6 Å². The number of carboxylic acids is 1. The van der Waals surface area contributed by atoms with Crippen molar-refractivity contribution in [2.75, 3.05) is 32.8 Å². The molecule has 0 radical (unpaired) electrons. The zero-order chi connectivity index (χ0) is 30.8. The van der Waals surface area contributed by atoms with Gasteiger partial charge < -0.3 is 24.4 Å². The Kier molecular flexibility index (Phi) is 9.21. The molecule has 6 rings (SSSR count). The highest BCUT2D eigenvalue weighted by Gasteiger charge is 2.47. The molecule has 3 saturated heterocycles. The van der Waals surface area contributed by atoms with Crippen molar-refractivity contribution in [1.29, 1.82) is 0 Å². The van der Waals surface area contributed by atoms with E-state index in [0.717, 1.165) is 55.5 Å². The highest BCUT2D eigenvalue weighted by molar-refractivity contribution is 6.30. The third-order valence-electron chi connectivity index (χ3n) is 9.16. The average Bonchev–Trinajstić information content (AvgIpc) is 3.37. The van der Waals surface area contributed by atoms with E-state index in [4.69, 9.17) is 26.2 Å². The molecule has 2 amide bonds. The maximum Gasteiger partial charge on any atom is 0.335 e. The van der Waals surface area contributed by atoms with Gasteiger partial charge >= 0.3 is 12.0 Å². The number of hydrogen-bond acceptors (Lipinski definition) is 6.